The molecule has 5 heteroatoms. The lowest BCUT2D eigenvalue weighted by Crippen LogP contribution is -2.28. The molecule has 336 valence electrons. The quantitative estimate of drug-likeness (QED) is 0.137. The van der Waals surface area contributed by atoms with Gasteiger partial charge in [-0.05, 0) is 111 Å². The molecule has 0 saturated heterocycles. The average molecular weight is 871 g/mol. The van der Waals surface area contributed by atoms with Crippen molar-refractivity contribution < 1.29 is 4.74 Å². The van der Waals surface area contributed by atoms with Gasteiger partial charge in [0, 0.05) is 57.7 Å². The van der Waals surface area contributed by atoms with Gasteiger partial charge in [0.25, 0.3) is 0 Å². The molecule has 0 saturated carbocycles. The van der Waals surface area contributed by atoms with E-state index in [9.17, 15) is 0 Å². The summed E-state index contributed by atoms with van der Waals surface area (Å²) >= 11 is 0. The molecule has 0 N–H and O–H groups in total. The number of benzene rings is 6. The molecule has 6 aromatic carbocycles. The van der Waals surface area contributed by atoms with E-state index >= 15 is 0 Å². The van der Waals surface area contributed by atoms with Gasteiger partial charge in [-0.2, -0.15) is 0 Å². The molecule has 0 atom stereocenters. The van der Waals surface area contributed by atoms with E-state index < -0.39 is 0 Å². The van der Waals surface area contributed by atoms with Crippen molar-refractivity contribution in [2.75, 3.05) is 16.5 Å². The number of hydrogen-bond donors (Lipinski definition) is 0. The van der Waals surface area contributed by atoms with Gasteiger partial charge in [0.15, 0.2) is 0 Å². The van der Waals surface area contributed by atoms with E-state index in [0.29, 0.717) is 18.5 Å². The van der Waals surface area contributed by atoms with Crippen molar-refractivity contribution in [3.05, 3.63) is 197 Å². The number of nitrogens with zero attached hydrogens (tertiary/aromatic N) is 4. The first-order valence-corrected chi connectivity index (χ1v) is 23.8. The second kappa shape index (κ2) is 17.0. The summed E-state index contributed by atoms with van der Waals surface area (Å²) in [6, 6.07) is 53.2. The molecular weight excluding hydrogens is 805 g/mol. The zero-order valence-corrected chi connectivity index (χ0v) is 41.1. The largest absolute Gasteiger partial charge is 0.457 e. The van der Waals surface area contributed by atoms with Gasteiger partial charge < -0.3 is 14.5 Å². The Kier molecular flexibility index (Phi) is 11.5. The molecule has 1 aliphatic heterocycles. The Morgan fingerprint density at radius 1 is 0.515 bits per heavy atom. The molecule has 0 radical (unpaired) electrons. The molecule has 2 aromatic heterocycles. The van der Waals surface area contributed by atoms with Gasteiger partial charge in [-0.15, -0.1) is 0 Å². The van der Waals surface area contributed by atoms with Gasteiger partial charge in [-0.25, -0.2) is 4.98 Å². The Bertz CT molecular complexity index is 3070. The third-order valence-corrected chi connectivity index (χ3v) is 13.7. The van der Waals surface area contributed by atoms with Crippen molar-refractivity contribution >= 4 is 38.9 Å². The van der Waals surface area contributed by atoms with Crippen molar-refractivity contribution in [2.24, 2.45) is 0 Å². The highest BCUT2D eigenvalue weighted by Crippen LogP contribution is 2.45. The first-order valence-electron chi connectivity index (χ1n) is 23.8. The van der Waals surface area contributed by atoms with E-state index in [1.807, 2.05) is 6.20 Å². The summed E-state index contributed by atoms with van der Waals surface area (Å²) in [5.74, 6) is 3.15. The summed E-state index contributed by atoms with van der Waals surface area (Å²) in [4.78, 5) is 9.88. The monoisotopic (exact) mass is 871 g/mol. The van der Waals surface area contributed by atoms with Crippen LogP contribution in [0.5, 0.6) is 11.5 Å². The van der Waals surface area contributed by atoms with Crippen LogP contribution in [-0.2, 0) is 16.2 Å². The Morgan fingerprint density at radius 2 is 1.15 bits per heavy atom. The maximum atomic E-state index is 7.07. The minimum atomic E-state index is -0.171. The van der Waals surface area contributed by atoms with E-state index in [4.69, 9.17) is 9.72 Å². The third kappa shape index (κ3) is 8.41. The predicted octanol–water partition coefficient (Wildman–Crippen LogP) is 16.4. The lowest BCUT2D eigenvalue weighted by atomic mass is 9.78. The van der Waals surface area contributed by atoms with Crippen LogP contribution in [0, 0.1) is 0 Å². The van der Waals surface area contributed by atoms with Crippen molar-refractivity contribution in [1.82, 2.24) is 9.55 Å². The number of rotatable bonds is 10. The topological polar surface area (TPSA) is 33.5 Å². The minimum Gasteiger partial charge on any atom is -0.457 e. The number of fused-ring (bicyclic) bond motifs is 3. The molecule has 8 aromatic rings. The highest BCUT2D eigenvalue weighted by Gasteiger charge is 2.32. The second-order valence-corrected chi connectivity index (χ2v) is 21.5. The molecular formula is C61H66N4O. The average Bonchev–Trinajstić information content (AvgIpc) is 3.88. The summed E-state index contributed by atoms with van der Waals surface area (Å²) in [5, 5.41) is 2.35. The van der Waals surface area contributed by atoms with Crippen molar-refractivity contribution in [3.63, 3.8) is 0 Å². The number of para-hydroxylation sites is 1. The Balaban J connectivity index is 1.18. The van der Waals surface area contributed by atoms with Gasteiger partial charge in [0.2, 0.25) is 0 Å². The Labute approximate surface area is 393 Å². The number of hydrogen-bond acceptors (Lipinski definition) is 4. The summed E-state index contributed by atoms with van der Waals surface area (Å²) in [6.45, 7) is 28.2. The molecule has 0 spiro atoms. The molecule has 0 unspecified atom stereocenters. The molecule has 9 rings (SSSR count). The lowest BCUT2D eigenvalue weighted by Gasteiger charge is -2.30. The van der Waals surface area contributed by atoms with Gasteiger partial charge in [0.1, 0.15) is 17.3 Å². The van der Waals surface area contributed by atoms with E-state index in [2.05, 4.69) is 249 Å². The minimum absolute atomic E-state index is 0.0154. The number of ether oxygens (including phenoxy) is 1. The third-order valence-electron chi connectivity index (χ3n) is 13.7. The van der Waals surface area contributed by atoms with E-state index in [0.717, 1.165) is 39.4 Å². The Morgan fingerprint density at radius 3 is 1.85 bits per heavy atom. The molecule has 0 fully saturated rings. The second-order valence-electron chi connectivity index (χ2n) is 21.5. The standard InChI is InChI=1S/C61H66N4O/c1-40(2)50-25-19-26-51(41(3)4)58(50)56-38-63(46-23-18-22-44(32-46)61(11,12)42-20-14-13-15-21-42)39-64(56)47-33-45(60(8,9)10)34-49(36-47)66-48-28-29-53-52-24-16-17-27-54(52)65(55(53)37-48)57-35-43(30-31-62-57)59(5,6)7/h13-38,40-41H,39H2,1-12H3. The predicted molar refractivity (Wildman–Crippen MR) is 280 cm³/mol. The zero-order chi connectivity index (χ0) is 46.7. The molecule has 5 nitrogen and oxygen atoms in total. The van der Waals surface area contributed by atoms with Crippen LogP contribution in [0.1, 0.15) is 134 Å². The van der Waals surface area contributed by atoms with Crippen LogP contribution in [0.3, 0.4) is 0 Å². The van der Waals surface area contributed by atoms with Crippen LogP contribution in [0.2, 0.25) is 0 Å². The van der Waals surface area contributed by atoms with Gasteiger partial charge >= 0.3 is 0 Å². The summed E-state index contributed by atoms with van der Waals surface area (Å²) in [6.07, 6.45) is 4.33. The normalized spacial score (nSPS) is 13.7. The van der Waals surface area contributed by atoms with Gasteiger partial charge in [0.05, 0.1) is 23.4 Å². The molecule has 0 amide bonds. The van der Waals surface area contributed by atoms with Crippen molar-refractivity contribution in [3.8, 4) is 17.3 Å². The molecule has 3 heterocycles. The fourth-order valence-corrected chi connectivity index (χ4v) is 9.64. The van der Waals surface area contributed by atoms with E-state index in [-0.39, 0.29) is 16.2 Å². The maximum absolute atomic E-state index is 7.07. The SMILES string of the molecule is CC(C)c1cccc(C(C)C)c1C1=CN(c2cccc(C(C)(C)c3ccccc3)c2)CN1c1cc(Oc2ccc3c4ccccc4n(-c4cc(C(C)(C)C)ccn4)c3c2)cc(C(C)(C)C)c1. The van der Waals surface area contributed by atoms with Crippen molar-refractivity contribution in [1.29, 1.82) is 0 Å². The van der Waals surface area contributed by atoms with Crippen molar-refractivity contribution in [2.45, 2.75) is 111 Å². The van der Waals surface area contributed by atoms with E-state index in [1.54, 1.807) is 0 Å². The van der Waals surface area contributed by atoms with Gasteiger partial charge in [-0.1, -0.05) is 162 Å². The zero-order valence-electron chi connectivity index (χ0n) is 41.1. The van der Waals surface area contributed by atoms with E-state index in [1.165, 1.54) is 55.7 Å². The fraction of sp³-hybridized carbons (Fsp3) is 0.295. The number of anilines is 2. The molecule has 0 aliphatic carbocycles. The van der Waals surface area contributed by atoms with Crippen LogP contribution in [0.4, 0.5) is 11.4 Å². The first-order chi connectivity index (χ1) is 31.4. The van der Waals surface area contributed by atoms with Crippen LogP contribution in [0.25, 0.3) is 33.3 Å². The number of pyridine rings is 1. The smallest absolute Gasteiger partial charge is 0.137 e. The Hall–Kier alpha value is -6.59. The fourth-order valence-electron chi connectivity index (χ4n) is 9.64. The van der Waals surface area contributed by atoms with Crippen LogP contribution in [-0.4, -0.2) is 16.2 Å². The highest BCUT2D eigenvalue weighted by atomic mass is 16.5. The summed E-state index contributed by atoms with van der Waals surface area (Å²) < 4.78 is 9.35. The summed E-state index contributed by atoms with van der Waals surface area (Å²) in [5.41, 5.74) is 14.4. The van der Waals surface area contributed by atoms with Crippen LogP contribution in [0.15, 0.2) is 158 Å². The highest BCUT2D eigenvalue weighted by molar-refractivity contribution is 6.09. The first kappa shape index (κ1) is 44.6. The number of aromatic nitrogens is 2. The molecule has 0 bridgehead atoms. The maximum Gasteiger partial charge on any atom is 0.137 e. The van der Waals surface area contributed by atoms with Crippen LogP contribution < -0.4 is 14.5 Å². The molecule has 1 aliphatic rings. The summed E-state index contributed by atoms with van der Waals surface area (Å²) in [7, 11) is 0. The lowest BCUT2D eigenvalue weighted by molar-refractivity contribution is 0.479. The van der Waals surface area contributed by atoms with Crippen LogP contribution >= 0.6 is 0 Å². The van der Waals surface area contributed by atoms with Gasteiger partial charge in [-0.3, -0.25) is 4.57 Å². The molecule has 66 heavy (non-hydrogen) atoms.